The van der Waals surface area contributed by atoms with Crippen molar-refractivity contribution in [3.05, 3.63) is 11.9 Å². The summed E-state index contributed by atoms with van der Waals surface area (Å²) in [5.74, 6) is 2.99. The standard InChI is InChI=1S/C15H27N5/c1-15(2,3)14-17-12(16)8-13(18-14)20(5)10-11-6-7-19(4)9-11/h8,11H,6-7,9-10H2,1-5H3,(H2,16,17,18). The quantitative estimate of drug-likeness (QED) is 0.912. The van der Waals surface area contributed by atoms with Crippen LogP contribution in [0.4, 0.5) is 11.6 Å². The van der Waals surface area contributed by atoms with Crippen LogP contribution in [-0.2, 0) is 5.41 Å². The molecule has 0 spiro atoms. The van der Waals surface area contributed by atoms with Gasteiger partial charge >= 0.3 is 0 Å². The Hall–Kier alpha value is -1.36. The van der Waals surface area contributed by atoms with Crippen LogP contribution in [0.1, 0.15) is 33.0 Å². The van der Waals surface area contributed by atoms with Gasteiger partial charge in [0.15, 0.2) is 0 Å². The molecule has 1 aromatic heterocycles. The summed E-state index contributed by atoms with van der Waals surface area (Å²) in [4.78, 5) is 13.6. The van der Waals surface area contributed by atoms with Crippen molar-refractivity contribution in [1.29, 1.82) is 0 Å². The van der Waals surface area contributed by atoms with Gasteiger partial charge in [0.05, 0.1) is 0 Å². The highest BCUT2D eigenvalue weighted by Gasteiger charge is 2.23. The molecule has 1 fully saturated rings. The maximum absolute atomic E-state index is 5.94. The van der Waals surface area contributed by atoms with Crippen LogP contribution in [-0.4, -0.2) is 48.6 Å². The minimum Gasteiger partial charge on any atom is -0.384 e. The highest BCUT2D eigenvalue weighted by molar-refractivity contribution is 5.47. The molecule has 0 saturated carbocycles. The van der Waals surface area contributed by atoms with Gasteiger partial charge in [-0.25, -0.2) is 9.97 Å². The summed E-state index contributed by atoms with van der Waals surface area (Å²) >= 11 is 0. The number of hydrogen-bond acceptors (Lipinski definition) is 5. The fourth-order valence-corrected chi connectivity index (χ4v) is 2.64. The molecule has 1 aliphatic rings. The van der Waals surface area contributed by atoms with Crippen molar-refractivity contribution in [3.63, 3.8) is 0 Å². The van der Waals surface area contributed by atoms with Gasteiger partial charge in [-0.15, -0.1) is 0 Å². The molecular weight excluding hydrogens is 250 g/mol. The number of nitrogens with zero attached hydrogens (tertiary/aromatic N) is 4. The van der Waals surface area contributed by atoms with E-state index in [4.69, 9.17) is 5.73 Å². The average molecular weight is 277 g/mol. The molecule has 2 rings (SSSR count). The lowest BCUT2D eigenvalue weighted by Crippen LogP contribution is -2.29. The molecule has 1 unspecified atom stereocenters. The molecule has 0 aliphatic carbocycles. The maximum atomic E-state index is 5.94. The van der Waals surface area contributed by atoms with E-state index < -0.39 is 0 Å². The van der Waals surface area contributed by atoms with Crippen molar-refractivity contribution in [3.8, 4) is 0 Å². The van der Waals surface area contributed by atoms with Crippen molar-refractivity contribution in [2.75, 3.05) is 44.4 Å². The van der Waals surface area contributed by atoms with Gasteiger partial charge in [-0.3, -0.25) is 0 Å². The second-order valence-corrected chi connectivity index (χ2v) is 7.02. The Morgan fingerprint density at radius 3 is 2.65 bits per heavy atom. The minimum atomic E-state index is -0.0848. The minimum absolute atomic E-state index is 0.0848. The van der Waals surface area contributed by atoms with E-state index in [-0.39, 0.29) is 5.41 Å². The lowest BCUT2D eigenvalue weighted by molar-refractivity contribution is 0.395. The molecule has 1 atom stereocenters. The van der Waals surface area contributed by atoms with Crippen LogP contribution in [0.25, 0.3) is 0 Å². The Labute approximate surface area is 122 Å². The predicted molar refractivity (Wildman–Crippen MR) is 84.0 cm³/mol. The largest absolute Gasteiger partial charge is 0.384 e. The molecule has 112 valence electrons. The fraction of sp³-hybridized carbons (Fsp3) is 0.733. The topological polar surface area (TPSA) is 58.3 Å². The molecule has 2 N–H and O–H groups in total. The number of anilines is 2. The molecule has 1 aromatic rings. The van der Waals surface area contributed by atoms with Gasteiger partial charge in [0.2, 0.25) is 0 Å². The van der Waals surface area contributed by atoms with Crippen LogP contribution in [0.3, 0.4) is 0 Å². The predicted octanol–water partition coefficient (Wildman–Crippen LogP) is 1.74. The number of nitrogen functional groups attached to an aromatic ring is 1. The lowest BCUT2D eigenvalue weighted by Gasteiger charge is -2.24. The molecule has 20 heavy (non-hydrogen) atoms. The third kappa shape index (κ3) is 3.60. The van der Waals surface area contributed by atoms with Crippen LogP contribution < -0.4 is 10.6 Å². The van der Waals surface area contributed by atoms with Crippen molar-refractivity contribution in [1.82, 2.24) is 14.9 Å². The molecule has 0 radical (unpaired) electrons. The second kappa shape index (κ2) is 5.56. The monoisotopic (exact) mass is 277 g/mol. The summed E-state index contributed by atoms with van der Waals surface area (Å²) in [5.41, 5.74) is 5.85. The lowest BCUT2D eigenvalue weighted by atomic mass is 9.96. The van der Waals surface area contributed by atoms with E-state index in [9.17, 15) is 0 Å². The van der Waals surface area contributed by atoms with E-state index in [0.29, 0.717) is 11.7 Å². The zero-order valence-electron chi connectivity index (χ0n) is 13.3. The smallest absolute Gasteiger partial charge is 0.138 e. The van der Waals surface area contributed by atoms with Crippen molar-refractivity contribution < 1.29 is 0 Å². The Morgan fingerprint density at radius 2 is 2.10 bits per heavy atom. The number of rotatable bonds is 3. The van der Waals surface area contributed by atoms with Crippen molar-refractivity contribution in [2.24, 2.45) is 5.92 Å². The summed E-state index contributed by atoms with van der Waals surface area (Å²) in [5, 5.41) is 0. The van der Waals surface area contributed by atoms with Crippen LogP contribution in [0.5, 0.6) is 0 Å². The number of hydrogen-bond donors (Lipinski definition) is 1. The van der Waals surface area contributed by atoms with Gasteiger partial charge in [0, 0.05) is 31.6 Å². The summed E-state index contributed by atoms with van der Waals surface area (Å²) < 4.78 is 0. The third-order valence-corrected chi connectivity index (χ3v) is 3.82. The molecule has 1 aliphatic heterocycles. The van der Waals surface area contributed by atoms with Crippen LogP contribution in [0.2, 0.25) is 0 Å². The van der Waals surface area contributed by atoms with Gasteiger partial charge in [0.1, 0.15) is 17.5 Å². The van der Waals surface area contributed by atoms with Crippen molar-refractivity contribution in [2.45, 2.75) is 32.6 Å². The van der Waals surface area contributed by atoms with Crippen LogP contribution in [0.15, 0.2) is 6.07 Å². The summed E-state index contributed by atoms with van der Waals surface area (Å²) in [6, 6.07) is 1.87. The number of aromatic nitrogens is 2. The summed E-state index contributed by atoms with van der Waals surface area (Å²) in [6.07, 6.45) is 1.26. The van der Waals surface area contributed by atoms with Gasteiger partial charge in [0.25, 0.3) is 0 Å². The first-order valence-electron chi connectivity index (χ1n) is 7.30. The van der Waals surface area contributed by atoms with E-state index in [1.807, 2.05) is 6.07 Å². The van der Waals surface area contributed by atoms with Gasteiger partial charge in [-0.2, -0.15) is 0 Å². The number of nitrogens with two attached hydrogens (primary N) is 1. The van der Waals surface area contributed by atoms with Gasteiger partial charge in [-0.1, -0.05) is 20.8 Å². The van der Waals surface area contributed by atoms with E-state index in [2.05, 4.69) is 54.6 Å². The highest BCUT2D eigenvalue weighted by Crippen LogP contribution is 2.24. The van der Waals surface area contributed by atoms with E-state index in [1.54, 1.807) is 0 Å². The van der Waals surface area contributed by atoms with Gasteiger partial charge in [-0.05, 0) is 25.9 Å². The normalized spacial score (nSPS) is 20.4. The average Bonchev–Trinajstić information content (AvgIpc) is 2.72. The first-order chi connectivity index (χ1) is 9.25. The fourth-order valence-electron chi connectivity index (χ4n) is 2.64. The van der Waals surface area contributed by atoms with Gasteiger partial charge < -0.3 is 15.5 Å². The Balaban J connectivity index is 2.13. The first kappa shape index (κ1) is 15.0. The Morgan fingerprint density at radius 1 is 1.40 bits per heavy atom. The second-order valence-electron chi connectivity index (χ2n) is 7.02. The van der Waals surface area contributed by atoms with E-state index in [0.717, 1.165) is 24.7 Å². The molecule has 2 heterocycles. The summed E-state index contributed by atoms with van der Waals surface area (Å²) in [6.45, 7) is 9.70. The molecular formula is C15H27N5. The maximum Gasteiger partial charge on any atom is 0.138 e. The third-order valence-electron chi connectivity index (χ3n) is 3.82. The zero-order chi connectivity index (χ0) is 14.9. The molecule has 0 amide bonds. The van der Waals surface area contributed by atoms with Crippen LogP contribution >= 0.6 is 0 Å². The zero-order valence-corrected chi connectivity index (χ0v) is 13.3. The SMILES string of the molecule is CN1CCC(CN(C)c2cc(N)nc(C(C)(C)C)n2)C1. The first-order valence-corrected chi connectivity index (χ1v) is 7.30. The Kier molecular flexibility index (Phi) is 4.18. The molecule has 5 nitrogen and oxygen atoms in total. The Bertz CT molecular complexity index is 466. The van der Waals surface area contributed by atoms with Crippen LogP contribution in [0, 0.1) is 5.92 Å². The van der Waals surface area contributed by atoms with E-state index in [1.165, 1.54) is 13.0 Å². The molecule has 1 saturated heterocycles. The van der Waals surface area contributed by atoms with Crippen molar-refractivity contribution >= 4 is 11.6 Å². The molecule has 0 bridgehead atoms. The highest BCUT2D eigenvalue weighted by atomic mass is 15.2. The summed E-state index contributed by atoms with van der Waals surface area (Å²) in [7, 11) is 4.27. The molecule has 0 aromatic carbocycles. The number of likely N-dealkylation sites (tertiary alicyclic amines) is 1. The molecule has 5 heteroatoms. The van der Waals surface area contributed by atoms with E-state index >= 15 is 0 Å².